The lowest BCUT2D eigenvalue weighted by molar-refractivity contribution is -0.480. The summed E-state index contributed by atoms with van der Waals surface area (Å²) in [6.45, 7) is 1.57. The maximum Gasteiger partial charge on any atom is 0.246 e. The van der Waals surface area contributed by atoms with E-state index in [9.17, 15) is 39.7 Å². The van der Waals surface area contributed by atoms with Crippen molar-refractivity contribution < 1.29 is 34.5 Å². The highest BCUT2D eigenvalue weighted by molar-refractivity contribution is 5.83. The predicted octanol–water partition coefficient (Wildman–Crippen LogP) is 0.961. The van der Waals surface area contributed by atoms with Gasteiger partial charge in [0.15, 0.2) is 0 Å². The molecule has 0 atom stereocenters. The van der Waals surface area contributed by atoms with Crippen LogP contribution in [-0.4, -0.2) is 88.4 Å². The summed E-state index contributed by atoms with van der Waals surface area (Å²) in [5, 5.41) is 36.2. The predicted molar refractivity (Wildman–Crippen MR) is 134 cm³/mol. The first-order chi connectivity index (χ1) is 17.7. The topological polar surface area (TPSA) is 208 Å². The summed E-state index contributed by atoms with van der Waals surface area (Å²) in [7, 11) is 0. The Bertz CT molecular complexity index is 694. The molecule has 0 spiro atoms. The Morgan fingerprint density at radius 2 is 1.11 bits per heavy atom. The van der Waals surface area contributed by atoms with Crippen LogP contribution in [0.5, 0.6) is 0 Å². The van der Waals surface area contributed by atoms with E-state index in [0.29, 0.717) is 74.7 Å². The first kappa shape index (κ1) is 34.2. The minimum absolute atomic E-state index is 0.0210. The quantitative estimate of drug-likeness (QED) is 0.0548. The van der Waals surface area contributed by atoms with Gasteiger partial charge in [0.2, 0.25) is 30.2 Å². The van der Waals surface area contributed by atoms with Gasteiger partial charge in [0.25, 0.3) is 0 Å². The highest BCUT2D eigenvalue weighted by Gasteiger charge is 2.14. The van der Waals surface area contributed by atoms with Crippen molar-refractivity contribution in [1.82, 2.24) is 20.8 Å². The van der Waals surface area contributed by atoms with Gasteiger partial charge in [-0.2, -0.15) is 0 Å². The second kappa shape index (κ2) is 22.4. The van der Waals surface area contributed by atoms with Gasteiger partial charge in [-0.1, -0.05) is 6.42 Å². The van der Waals surface area contributed by atoms with E-state index >= 15 is 0 Å². The first-order valence-corrected chi connectivity index (χ1v) is 13.0. The molecule has 0 saturated heterocycles. The highest BCUT2D eigenvalue weighted by atomic mass is 16.6. The van der Waals surface area contributed by atoms with Crippen molar-refractivity contribution in [2.45, 2.75) is 83.5 Å². The molecule has 0 aromatic carbocycles. The van der Waals surface area contributed by atoms with Crippen LogP contribution < -0.4 is 16.4 Å². The van der Waals surface area contributed by atoms with Gasteiger partial charge < -0.3 is 16.4 Å². The van der Waals surface area contributed by atoms with Crippen molar-refractivity contribution in [1.29, 1.82) is 0 Å². The average Bonchev–Trinajstić information content (AvgIpc) is 2.87. The maximum absolute atomic E-state index is 11.9. The molecule has 0 aromatic heterocycles. The van der Waals surface area contributed by atoms with E-state index < -0.39 is 11.8 Å². The van der Waals surface area contributed by atoms with Gasteiger partial charge in [0, 0.05) is 63.2 Å². The summed E-state index contributed by atoms with van der Waals surface area (Å²) < 4.78 is 0. The number of unbranched alkanes of at least 4 members (excludes halogenated alkanes) is 6. The SMILES string of the molecule is NCCCCCN(O)C(=O)CCC(=O)NCCCCCN(O)C(=O)CCC(=O)NCCCCC[N+](=O)[O-]. The Labute approximate surface area is 218 Å². The minimum Gasteiger partial charge on any atom is -0.356 e. The van der Waals surface area contributed by atoms with E-state index in [0.717, 1.165) is 12.8 Å². The number of hydrogen-bond donors (Lipinski definition) is 5. The molecule has 0 heterocycles. The monoisotopic (exact) mass is 532 g/mol. The molecule has 14 nitrogen and oxygen atoms in total. The zero-order chi connectivity index (χ0) is 27.9. The van der Waals surface area contributed by atoms with Crippen LogP contribution in [0.4, 0.5) is 0 Å². The number of rotatable bonds is 23. The van der Waals surface area contributed by atoms with Crippen LogP contribution in [0.15, 0.2) is 0 Å². The Morgan fingerprint density at radius 3 is 1.54 bits per heavy atom. The molecule has 0 unspecified atom stereocenters. The molecule has 0 aliphatic carbocycles. The Balaban J connectivity index is 3.74. The Kier molecular flexibility index (Phi) is 20.6. The zero-order valence-corrected chi connectivity index (χ0v) is 21.7. The molecule has 214 valence electrons. The Morgan fingerprint density at radius 1 is 0.676 bits per heavy atom. The number of nitrogens with two attached hydrogens (primary N) is 1. The fraction of sp³-hybridized carbons (Fsp3) is 0.826. The molecule has 0 rings (SSSR count). The second-order valence-electron chi connectivity index (χ2n) is 8.76. The fourth-order valence-corrected chi connectivity index (χ4v) is 3.27. The number of nitrogens with one attached hydrogen (secondary N) is 2. The second-order valence-corrected chi connectivity index (χ2v) is 8.76. The molecule has 6 N–H and O–H groups in total. The lowest BCUT2D eigenvalue weighted by Gasteiger charge is -2.15. The molecule has 0 aliphatic rings. The van der Waals surface area contributed by atoms with Gasteiger partial charge in [0.05, 0.1) is 0 Å². The summed E-state index contributed by atoms with van der Waals surface area (Å²) >= 11 is 0. The fourth-order valence-electron chi connectivity index (χ4n) is 3.27. The largest absolute Gasteiger partial charge is 0.356 e. The van der Waals surface area contributed by atoms with Crippen molar-refractivity contribution in [3.05, 3.63) is 10.1 Å². The summed E-state index contributed by atoms with van der Waals surface area (Å²) in [6.07, 6.45) is 5.50. The summed E-state index contributed by atoms with van der Waals surface area (Å²) in [4.78, 5) is 57.1. The van der Waals surface area contributed by atoms with Crippen molar-refractivity contribution in [2.75, 3.05) is 39.3 Å². The number of nitro groups is 1. The normalized spacial score (nSPS) is 10.6. The maximum atomic E-state index is 11.9. The smallest absolute Gasteiger partial charge is 0.246 e. The van der Waals surface area contributed by atoms with E-state index in [1.807, 2.05) is 0 Å². The van der Waals surface area contributed by atoms with Crippen LogP contribution >= 0.6 is 0 Å². The molecule has 0 fully saturated rings. The van der Waals surface area contributed by atoms with Crippen LogP contribution in [0.3, 0.4) is 0 Å². The molecule has 0 radical (unpaired) electrons. The molecule has 4 amide bonds. The number of hydrogen-bond acceptors (Lipinski definition) is 9. The van der Waals surface area contributed by atoms with Gasteiger partial charge in [-0.3, -0.25) is 39.7 Å². The van der Waals surface area contributed by atoms with E-state index in [1.54, 1.807) is 0 Å². The molecule has 0 bridgehead atoms. The van der Waals surface area contributed by atoms with Crippen molar-refractivity contribution >= 4 is 23.6 Å². The third-order valence-corrected chi connectivity index (χ3v) is 5.49. The van der Waals surface area contributed by atoms with E-state index in [4.69, 9.17) is 5.73 Å². The van der Waals surface area contributed by atoms with E-state index in [2.05, 4.69) is 10.6 Å². The molecule has 0 saturated carbocycles. The third kappa shape index (κ3) is 21.0. The van der Waals surface area contributed by atoms with Crippen molar-refractivity contribution in [2.24, 2.45) is 5.73 Å². The van der Waals surface area contributed by atoms with Crippen LogP contribution in [-0.2, 0) is 19.2 Å². The van der Waals surface area contributed by atoms with Crippen LogP contribution in [0, 0.1) is 10.1 Å². The molecule has 37 heavy (non-hydrogen) atoms. The molecule has 0 aliphatic heterocycles. The average molecular weight is 533 g/mol. The number of carbonyl (C=O) groups is 4. The lowest BCUT2D eigenvalue weighted by Crippen LogP contribution is -2.31. The number of nitrogens with zero attached hydrogens (tertiary/aromatic N) is 3. The summed E-state index contributed by atoms with van der Waals surface area (Å²) in [5.41, 5.74) is 5.39. The standard InChI is InChI=1S/C23H44N6O8/c24-14-4-1-7-17-27(34)22(32)12-10-20(30)25-15-5-2-8-18-28(35)23(33)13-11-21(31)26-16-6-3-9-19-29(36)37/h34-35H,1-19,24H2,(H,25,30)(H,26,31). The lowest BCUT2D eigenvalue weighted by atomic mass is 10.2. The number of hydroxylamine groups is 4. The van der Waals surface area contributed by atoms with Gasteiger partial charge in [-0.25, -0.2) is 10.1 Å². The summed E-state index contributed by atoms with van der Waals surface area (Å²) in [5.74, 6) is -1.67. The number of amides is 4. The zero-order valence-electron chi connectivity index (χ0n) is 21.7. The van der Waals surface area contributed by atoms with Crippen LogP contribution in [0.1, 0.15) is 83.5 Å². The van der Waals surface area contributed by atoms with Gasteiger partial charge in [-0.15, -0.1) is 0 Å². The van der Waals surface area contributed by atoms with Crippen LogP contribution in [0.25, 0.3) is 0 Å². The molecule has 0 aromatic rings. The van der Waals surface area contributed by atoms with Gasteiger partial charge in [0.1, 0.15) is 0 Å². The van der Waals surface area contributed by atoms with Gasteiger partial charge >= 0.3 is 0 Å². The Hall–Kier alpha value is -2.84. The minimum atomic E-state index is -0.559. The summed E-state index contributed by atoms with van der Waals surface area (Å²) in [6, 6.07) is 0. The molecule has 14 heteroatoms. The van der Waals surface area contributed by atoms with E-state index in [-0.39, 0.29) is 62.1 Å². The number of carbonyl (C=O) groups excluding carboxylic acids is 4. The van der Waals surface area contributed by atoms with Crippen molar-refractivity contribution in [3.8, 4) is 0 Å². The molecular weight excluding hydrogens is 488 g/mol. The van der Waals surface area contributed by atoms with Crippen LogP contribution in [0.2, 0.25) is 0 Å². The van der Waals surface area contributed by atoms with E-state index in [1.165, 1.54) is 0 Å². The third-order valence-electron chi connectivity index (χ3n) is 5.49. The van der Waals surface area contributed by atoms with Crippen molar-refractivity contribution in [3.63, 3.8) is 0 Å². The highest BCUT2D eigenvalue weighted by Crippen LogP contribution is 2.03. The molecular formula is C23H44N6O8. The van der Waals surface area contributed by atoms with Gasteiger partial charge in [-0.05, 0) is 51.5 Å². The first-order valence-electron chi connectivity index (χ1n) is 13.0.